The zero-order chi connectivity index (χ0) is 15.8. The van der Waals surface area contributed by atoms with Crippen LogP contribution in [0.4, 0.5) is 5.69 Å². The van der Waals surface area contributed by atoms with Crippen LogP contribution in [0.5, 0.6) is 0 Å². The lowest BCUT2D eigenvalue weighted by molar-refractivity contribution is 0.107. The Morgan fingerprint density at radius 3 is 2.74 bits per heavy atom. The molecule has 2 atom stereocenters. The Kier molecular flexibility index (Phi) is 3.76. The molecule has 3 aliphatic heterocycles. The lowest BCUT2D eigenvalue weighted by atomic mass is 9.86. The van der Waals surface area contributed by atoms with Crippen LogP contribution >= 0.6 is 15.9 Å². The van der Waals surface area contributed by atoms with E-state index in [4.69, 9.17) is 0 Å². The van der Waals surface area contributed by atoms with Crippen molar-refractivity contribution in [1.29, 1.82) is 5.26 Å². The average Bonchev–Trinajstić information content (AvgIpc) is 2.57. The maximum Gasteiger partial charge on any atom is 0.163 e. The zero-order valence-electron chi connectivity index (χ0n) is 12.6. The molecule has 0 amide bonds. The van der Waals surface area contributed by atoms with E-state index in [0.29, 0.717) is 17.8 Å². The van der Waals surface area contributed by atoms with Gasteiger partial charge in [0.05, 0.1) is 11.4 Å². The summed E-state index contributed by atoms with van der Waals surface area (Å²) in [6, 6.07) is 11.2. The molecule has 0 aliphatic carbocycles. The van der Waals surface area contributed by atoms with Gasteiger partial charge in [-0.15, -0.1) is 0 Å². The van der Waals surface area contributed by atoms with Gasteiger partial charge in [-0.3, -0.25) is 9.88 Å². The molecule has 0 radical (unpaired) electrons. The molecule has 5 nitrogen and oxygen atoms in total. The molecule has 2 unspecified atom stereocenters. The van der Waals surface area contributed by atoms with Crippen LogP contribution in [0.15, 0.2) is 41.1 Å². The first-order chi connectivity index (χ1) is 11.2. The molecule has 23 heavy (non-hydrogen) atoms. The SMILES string of the molecule is N#Cc1ncccc1N1C2CC1CN(Cc1ccc(Br)cn1)C2. The van der Waals surface area contributed by atoms with Gasteiger partial charge < -0.3 is 4.90 Å². The fraction of sp³-hybridized carbons (Fsp3) is 0.353. The topological polar surface area (TPSA) is 56.1 Å². The van der Waals surface area contributed by atoms with Crippen LogP contribution in [0.2, 0.25) is 0 Å². The van der Waals surface area contributed by atoms with E-state index < -0.39 is 0 Å². The van der Waals surface area contributed by atoms with Crippen molar-refractivity contribution in [3.63, 3.8) is 0 Å². The summed E-state index contributed by atoms with van der Waals surface area (Å²) in [7, 11) is 0. The minimum absolute atomic E-state index is 0.473. The number of hydrogen-bond donors (Lipinski definition) is 0. The number of piperazine rings is 1. The Bertz CT molecular complexity index is 742. The van der Waals surface area contributed by atoms with Gasteiger partial charge in [-0.1, -0.05) is 0 Å². The highest BCUT2D eigenvalue weighted by atomic mass is 79.9. The zero-order valence-corrected chi connectivity index (χ0v) is 14.1. The summed E-state index contributed by atoms with van der Waals surface area (Å²) >= 11 is 3.42. The van der Waals surface area contributed by atoms with Gasteiger partial charge in [0.1, 0.15) is 6.07 Å². The summed E-state index contributed by atoms with van der Waals surface area (Å²) in [5.41, 5.74) is 2.61. The first-order valence-electron chi connectivity index (χ1n) is 7.71. The second-order valence-corrected chi connectivity index (χ2v) is 7.01. The van der Waals surface area contributed by atoms with Crippen molar-refractivity contribution in [2.75, 3.05) is 18.0 Å². The van der Waals surface area contributed by atoms with Gasteiger partial charge >= 0.3 is 0 Å². The van der Waals surface area contributed by atoms with Crippen LogP contribution in [-0.4, -0.2) is 40.0 Å². The van der Waals surface area contributed by atoms with Gasteiger partial charge in [-0.25, -0.2) is 4.98 Å². The molecule has 5 rings (SSSR count). The molecule has 2 aromatic rings. The second kappa shape index (κ2) is 5.91. The van der Waals surface area contributed by atoms with Crippen LogP contribution < -0.4 is 4.90 Å². The van der Waals surface area contributed by atoms with E-state index in [0.717, 1.165) is 35.5 Å². The number of anilines is 1. The molecule has 2 aromatic heterocycles. The number of rotatable bonds is 3. The van der Waals surface area contributed by atoms with Gasteiger partial charge in [0.25, 0.3) is 0 Å². The Balaban J connectivity index is 1.46. The summed E-state index contributed by atoms with van der Waals surface area (Å²) in [6.45, 7) is 2.90. The highest BCUT2D eigenvalue weighted by molar-refractivity contribution is 9.10. The van der Waals surface area contributed by atoms with Gasteiger partial charge in [-0.2, -0.15) is 5.26 Å². The van der Waals surface area contributed by atoms with E-state index in [2.05, 4.69) is 47.8 Å². The number of nitrogens with zero attached hydrogens (tertiary/aromatic N) is 5. The monoisotopic (exact) mass is 369 g/mol. The number of piperidine rings is 1. The van der Waals surface area contributed by atoms with Gasteiger partial charge in [-0.05, 0) is 46.6 Å². The van der Waals surface area contributed by atoms with Gasteiger partial charge in [0, 0.05) is 48.6 Å². The van der Waals surface area contributed by atoms with Crippen molar-refractivity contribution in [3.05, 3.63) is 52.5 Å². The smallest absolute Gasteiger partial charge is 0.163 e. The third-order valence-corrected chi connectivity index (χ3v) is 5.08. The molecule has 0 aromatic carbocycles. The van der Waals surface area contributed by atoms with Crippen LogP contribution in [0, 0.1) is 11.3 Å². The fourth-order valence-electron chi connectivity index (χ4n) is 3.64. The largest absolute Gasteiger partial charge is 0.360 e. The van der Waals surface area contributed by atoms with E-state index in [1.54, 1.807) is 6.20 Å². The second-order valence-electron chi connectivity index (χ2n) is 6.10. The molecule has 0 saturated carbocycles. The standard InChI is InChI=1S/C17H16BrN5/c18-12-3-4-13(21-8-12)9-22-10-14-6-15(11-22)23(14)17-2-1-5-20-16(17)7-19/h1-5,8,14-15H,6,9-11H2. The van der Waals surface area contributed by atoms with E-state index in [9.17, 15) is 5.26 Å². The summed E-state index contributed by atoms with van der Waals surface area (Å²) in [4.78, 5) is 13.5. The van der Waals surface area contributed by atoms with Crippen molar-refractivity contribution >= 4 is 21.6 Å². The number of aromatic nitrogens is 2. The minimum Gasteiger partial charge on any atom is -0.360 e. The van der Waals surface area contributed by atoms with Crippen molar-refractivity contribution in [1.82, 2.24) is 14.9 Å². The van der Waals surface area contributed by atoms with Crippen molar-refractivity contribution in [2.45, 2.75) is 25.0 Å². The molecule has 3 fully saturated rings. The molecule has 6 heteroatoms. The number of fused-ring (bicyclic) bond motifs is 2. The lowest BCUT2D eigenvalue weighted by Gasteiger charge is -2.57. The number of nitriles is 1. The molecule has 116 valence electrons. The molecule has 5 heterocycles. The summed E-state index contributed by atoms with van der Waals surface area (Å²) in [5.74, 6) is 0. The minimum atomic E-state index is 0.473. The van der Waals surface area contributed by atoms with Crippen LogP contribution in [0.1, 0.15) is 17.8 Å². The molecule has 3 saturated heterocycles. The summed E-state index contributed by atoms with van der Waals surface area (Å²) in [5, 5.41) is 9.26. The molecule has 2 bridgehead atoms. The van der Waals surface area contributed by atoms with E-state index in [1.165, 1.54) is 6.42 Å². The maximum atomic E-state index is 9.26. The summed E-state index contributed by atoms with van der Waals surface area (Å²) < 4.78 is 1.01. The predicted molar refractivity (Wildman–Crippen MR) is 90.8 cm³/mol. The van der Waals surface area contributed by atoms with Crippen LogP contribution in [0.3, 0.4) is 0 Å². The first-order valence-corrected chi connectivity index (χ1v) is 8.50. The van der Waals surface area contributed by atoms with Crippen molar-refractivity contribution in [3.8, 4) is 6.07 Å². The maximum absolute atomic E-state index is 9.26. The van der Waals surface area contributed by atoms with Gasteiger partial charge in [0.2, 0.25) is 0 Å². The molecule has 0 N–H and O–H groups in total. The number of hydrogen-bond acceptors (Lipinski definition) is 5. The molecular weight excluding hydrogens is 354 g/mol. The third kappa shape index (κ3) is 2.71. The lowest BCUT2D eigenvalue weighted by Crippen LogP contribution is -2.69. The van der Waals surface area contributed by atoms with E-state index >= 15 is 0 Å². The summed E-state index contributed by atoms with van der Waals surface area (Å²) in [6.07, 6.45) is 4.73. The fourth-order valence-corrected chi connectivity index (χ4v) is 3.87. The average molecular weight is 370 g/mol. The van der Waals surface area contributed by atoms with Gasteiger partial charge in [0.15, 0.2) is 5.69 Å². The highest BCUT2D eigenvalue weighted by Gasteiger charge is 2.45. The highest BCUT2D eigenvalue weighted by Crippen LogP contribution is 2.38. The van der Waals surface area contributed by atoms with E-state index in [1.807, 2.05) is 24.4 Å². The number of pyridine rings is 2. The molecule has 0 spiro atoms. The Morgan fingerprint density at radius 1 is 1.22 bits per heavy atom. The molecular formula is C17H16BrN5. The quantitative estimate of drug-likeness (QED) is 0.831. The molecule has 3 aliphatic rings. The third-order valence-electron chi connectivity index (χ3n) is 4.61. The Morgan fingerprint density at radius 2 is 2.04 bits per heavy atom. The Hall–Kier alpha value is -1.97. The number of halogens is 1. The first kappa shape index (κ1) is 14.6. The van der Waals surface area contributed by atoms with Crippen LogP contribution in [-0.2, 0) is 6.54 Å². The van der Waals surface area contributed by atoms with Crippen LogP contribution in [0.25, 0.3) is 0 Å². The normalized spacial score (nSPS) is 23.2. The van der Waals surface area contributed by atoms with Crippen molar-refractivity contribution < 1.29 is 0 Å². The predicted octanol–water partition coefficient (Wildman–Crippen LogP) is 2.57. The van der Waals surface area contributed by atoms with E-state index in [-0.39, 0.29) is 0 Å². The van der Waals surface area contributed by atoms with Crippen molar-refractivity contribution in [2.24, 2.45) is 0 Å². The Labute approximate surface area is 143 Å².